The van der Waals surface area contributed by atoms with E-state index in [1.54, 1.807) is 50.6 Å². The molecule has 2 aliphatic carbocycles. The van der Waals surface area contributed by atoms with Gasteiger partial charge in [-0.05, 0) is 71.1 Å². The zero-order valence-electron chi connectivity index (χ0n) is 19.2. The lowest BCUT2D eigenvalue weighted by molar-refractivity contribution is -0.114. The number of ether oxygens (including phenoxy) is 2. The summed E-state index contributed by atoms with van der Waals surface area (Å²) in [5.41, 5.74) is 5.00. The van der Waals surface area contributed by atoms with Crippen LogP contribution in [0.3, 0.4) is 0 Å². The summed E-state index contributed by atoms with van der Waals surface area (Å²) in [5, 5.41) is 10.3. The molecule has 0 saturated carbocycles. The number of fused-ring (bicyclic) bond motifs is 2. The molecule has 5 rings (SSSR count). The van der Waals surface area contributed by atoms with E-state index >= 15 is 0 Å². The van der Waals surface area contributed by atoms with Crippen molar-refractivity contribution in [2.24, 2.45) is 0 Å². The summed E-state index contributed by atoms with van der Waals surface area (Å²) < 4.78 is 10.3. The molecule has 0 spiro atoms. The molecule has 1 N–H and O–H groups in total. The Morgan fingerprint density at radius 2 is 1.53 bits per heavy atom. The fraction of sp³-hybridized carbons (Fsp3) is 0.172. The minimum Gasteiger partial charge on any atom is -0.512 e. The Hall–Kier alpha value is -4.12. The number of aryl methyl sites for hydroxylation is 1. The molecule has 0 fully saturated rings. The number of benzene rings is 3. The summed E-state index contributed by atoms with van der Waals surface area (Å²) in [5.74, 6) is 1.60. The van der Waals surface area contributed by atoms with Crippen LogP contribution < -0.4 is 9.47 Å². The number of rotatable bonds is 4. The standard InChI is InChI=1S/C19H18O4.C10H8O/c1-22-14-6-3-12(4-7-14)19(21)18-16-9-8-15(23-2)11-13(16)5-10-17(18)20;11-10-6-5-8-3-1-2-4-9(8)7-10/h3-4,6-9,11,20H,5,10H2,1-2H3;1-6H,7H2. The largest absolute Gasteiger partial charge is 0.512 e. The Morgan fingerprint density at radius 3 is 2.26 bits per heavy atom. The van der Waals surface area contributed by atoms with Gasteiger partial charge in [0.05, 0.1) is 19.8 Å². The minimum absolute atomic E-state index is 0.142. The van der Waals surface area contributed by atoms with Crippen LogP contribution in [-0.2, 0) is 17.6 Å². The van der Waals surface area contributed by atoms with Crippen molar-refractivity contribution in [2.75, 3.05) is 14.2 Å². The second-order valence-electron chi connectivity index (χ2n) is 8.08. The van der Waals surface area contributed by atoms with Crippen molar-refractivity contribution >= 4 is 23.2 Å². The van der Waals surface area contributed by atoms with E-state index in [4.69, 9.17) is 9.47 Å². The summed E-state index contributed by atoms with van der Waals surface area (Å²) in [4.78, 5) is 23.8. The van der Waals surface area contributed by atoms with Crippen molar-refractivity contribution < 1.29 is 24.2 Å². The molecule has 34 heavy (non-hydrogen) atoms. The fourth-order valence-corrected chi connectivity index (χ4v) is 4.11. The third-order valence-electron chi connectivity index (χ3n) is 5.95. The van der Waals surface area contributed by atoms with Crippen molar-refractivity contribution in [3.63, 3.8) is 0 Å². The van der Waals surface area contributed by atoms with Crippen LogP contribution in [0.1, 0.15) is 39.0 Å². The minimum atomic E-state index is -0.184. The maximum Gasteiger partial charge on any atom is 0.197 e. The number of aliphatic hydroxyl groups is 1. The zero-order chi connectivity index (χ0) is 24.1. The molecule has 2 aliphatic rings. The van der Waals surface area contributed by atoms with Crippen LogP contribution in [-0.4, -0.2) is 30.9 Å². The predicted octanol–water partition coefficient (Wildman–Crippen LogP) is 5.63. The van der Waals surface area contributed by atoms with E-state index in [2.05, 4.69) is 0 Å². The molecule has 5 nitrogen and oxygen atoms in total. The van der Waals surface area contributed by atoms with E-state index < -0.39 is 0 Å². The van der Waals surface area contributed by atoms with Crippen LogP contribution in [0.15, 0.2) is 78.6 Å². The average molecular weight is 455 g/mol. The van der Waals surface area contributed by atoms with Crippen LogP contribution in [0.25, 0.3) is 11.6 Å². The number of carbonyl (C=O) groups is 2. The molecule has 0 aliphatic heterocycles. The van der Waals surface area contributed by atoms with Gasteiger partial charge in [0.1, 0.15) is 17.3 Å². The van der Waals surface area contributed by atoms with Crippen LogP contribution in [0.2, 0.25) is 0 Å². The number of Topliss-reactive ketones (excluding diaryl/α,β-unsaturated/α-hetero) is 1. The molecular formula is C29H26O5. The molecule has 0 bridgehead atoms. The molecule has 0 saturated heterocycles. The van der Waals surface area contributed by atoms with Gasteiger partial charge in [-0.3, -0.25) is 9.59 Å². The van der Waals surface area contributed by atoms with Crippen molar-refractivity contribution in [3.05, 3.63) is 106 Å². The van der Waals surface area contributed by atoms with Crippen molar-refractivity contribution in [3.8, 4) is 11.5 Å². The Balaban J connectivity index is 0.000000207. The van der Waals surface area contributed by atoms with Crippen molar-refractivity contribution in [2.45, 2.75) is 19.3 Å². The molecule has 0 heterocycles. The van der Waals surface area contributed by atoms with Gasteiger partial charge in [0.15, 0.2) is 11.6 Å². The number of ketones is 2. The molecule has 172 valence electrons. The molecular weight excluding hydrogens is 428 g/mol. The Labute approximate surface area is 199 Å². The number of methoxy groups -OCH3 is 2. The average Bonchev–Trinajstić information content (AvgIpc) is 2.88. The molecule has 3 aromatic rings. The summed E-state index contributed by atoms with van der Waals surface area (Å²) in [7, 11) is 3.19. The number of hydrogen-bond acceptors (Lipinski definition) is 5. The van der Waals surface area contributed by atoms with Gasteiger partial charge in [0.25, 0.3) is 0 Å². The Morgan fingerprint density at radius 1 is 0.824 bits per heavy atom. The van der Waals surface area contributed by atoms with Gasteiger partial charge >= 0.3 is 0 Å². The summed E-state index contributed by atoms with van der Waals surface area (Å²) >= 11 is 0. The van der Waals surface area contributed by atoms with E-state index in [1.807, 2.05) is 42.5 Å². The maximum absolute atomic E-state index is 12.8. The van der Waals surface area contributed by atoms with Gasteiger partial charge in [-0.1, -0.05) is 36.4 Å². The van der Waals surface area contributed by atoms with Crippen LogP contribution in [0, 0.1) is 0 Å². The third kappa shape index (κ3) is 4.94. The number of allylic oxidation sites excluding steroid dienone is 3. The van der Waals surface area contributed by atoms with E-state index in [-0.39, 0.29) is 17.3 Å². The molecule has 0 amide bonds. The van der Waals surface area contributed by atoms with Gasteiger partial charge in [-0.15, -0.1) is 0 Å². The summed E-state index contributed by atoms with van der Waals surface area (Å²) in [6.07, 6.45) is 5.23. The normalized spacial score (nSPS) is 13.9. The van der Waals surface area contributed by atoms with Gasteiger partial charge in [0.2, 0.25) is 0 Å². The quantitative estimate of drug-likeness (QED) is 0.518. The van der Waals surface area contributed by atoms with Gasteiger partial charge in [-0.25, -0.2) is 0 Å². The topological polar surface area (TPSA) is 72.8 Å². The summed E-state index contributed by atoms with van der Waals surface area (Å²) in [6.45, 7) is 0. The van der Waals surface area contributed by atoms with Crippen LogP contribution in [0.4, 0.5) is 0 Å². The smallest absolute Gasteiger partial charge is 0.197 e. The monoisotopic (exact) mass is 454 g/mol. The maximum atomic E-state index is 12.8. The van der Waals surface area contributed by atoms with E-state index in [0.717, 1.165) is 22.4 Å². The van der Waals surface area contributed by atoms with Crippen molar-refractivity contribution in [1.82, 2.24) is 0 Å². The lowest BCUT2D eigenvalue weighted by Gasteiger charge is -2.20. The predicted molar refractivity (Wildman–Crippen MR) is 132 cm³/mol. The lowest BCUT2D eigenvalue weighted by atomic mass is 9.85. The Bertz CT molecular complexity index is 1280. The molecule has 3 aromatic carbocycles. The van der Waals surface area contributed by atoms with Gasteiger partial charge in [-0.2, -0.15) is 0 Å². The van der Waals surface area contributed by atoms with Gasteiger partial charge in [0, 0.05) is 18.4 Å². The highest BCUT2D eigenvalue weighted by Gasteiger charge is 2.25. The molecule has 0 aromatic heterocycles. The Kier molecular flexibility index (Phi) is 6.93. The highest BCUT2D eigenvalue weighted by Crippen LogP contribution is 2.34. The van der Waals surface area contributed by atoms with Crippen LogP contribution in [0.5, 0.6) is 11.5 Å². The molecule has 0 atom stereocenters. The molecule has 0 radical (unpaired) electrons. The van der Waals surface area contributed by atoms with E-state index in [1.165, 1.54) is 5.56 Å². The highest BCUT2D eigenvalue weighted by atomic mass is 16.5. The zero-order valence-corrected chi connectivity index (χ0v) is 19.2. The molecule has 0 unspecified atom stereocenters. The van der Waals surface area contributed by atoms with E-state index in [0.29, 0.717) is 36.1 Å². The lowest BCUT2D eigenvalue weighted by Crippen LogP contribution is -2.13. The number of carbonyl (C=O) groups excluding carboxylic acids is 2. The first-order valence-corrected chi connectivity index (χ1v) is 11.1. The first kappa shape index (κ1) is 23.1. The highest BCUT2D eigenvalue weighted by molar-refractivity contribution is 6.29. The van der Waals surface area contributed by atoms with Crippen LogP contribution >= 0.6 is 0 Å². The van der Waals surface area contributed by atoms with Gasteiger partial charge < -0.3 is 14.6 Å². The number of aliphatic hydroxyl groups excluding tert-OH is 1. The summed E-state index contributed by atoms with van der Waals surface area (Å²) in [6, 6.07) is 20.4. The third-order valence-corrected chi connectivity index (χ3v) is 5.95. The molecule has 5 heteroatoms. The number of hydrogen-bond donors (Lipinski definition) is 1. The fourth-order valence-electron chi connectivity index (χ4n) is 4.11. The van der Waals surface area contributed by atoms with Crippen molar-refractivity contribution in [1.29, 1.82) is 0 Å². The van der Waals surface area contributed by atoms with E-state index in [9.17, 15) is 14.7 Å². The first-order chi connectivity index (χ1) is 16.5. The second-order valence-corrected chi connectivity index (χ2v) is 8.08. The second kappa shape index (κ2) is 10.2. The first-order valence-electron chi connectivity index (χ1n) is 11.1. The SMILES string of the molecule is COc1ccc(C(=O)C2=C(O)CCc3cc(OC)ccc32)cc1.O=C1C=Cc2ccccc2C1.